The fraction of sp³-hybridized carbons (Fsp3) is 0. The van der Waals surface area contributed by atoms with E-state index in [4.69, 9.17) is 0 Å². The maximum absolute atomic E-state index is 12.1. The quantitative estimate of drug-likeness (QED) is 0.422. The fourth-order valence-corrected chi connectivity index (χ4v) is 0.590. The van der Waals surface area contributed by atoms with Crippen molar-refractivity contribution in [3.63, 3.8) is 0 Å². The third-order valence-electron chi connectivity index (χ3n) is 0.827. The third-order valence-corrected chi connectivity index (χ3v) is 1.12. The van der Waals surface area contributed by atoms with E-state index in [1.54, 1.807) is 12.1 Å². The van der Waals surface area contributed by atoms with Crippen molar-refractivity contribution in [3.05, 3.63) is 30.1 Å². The van der Waals surface area contributed by atoms with Crippen LogP contribution in [0.3, 0.4) is 0 Å². The van der Waals surface area contributed by atoms with Crippen LogP contribution in [0.4, 0.5) is 4.39 Å². The number of halogens is 1. The fourth-order valence-electron chi connectivity index (χ4n) is 0.441. The maximum atomic E-state index is 12.1. The molecule has 0 aliphatic rings. The van der Waals surface area contributed by atoms with Gasteiger partial charge < -0.3 is 0 Å². The molecule has 0 atom stereocenters. The first-order valence-electron chi connectivity index (χ1n) is 2.23. The van der Waals surface area contributed by atoms with Crippen LogP contribution in [0.2, 0.25) is 0 Å². The Labute approximate surface area is 81.2 Å². The Morgan fingerprint density at radius 2 is 1.56 bits per heavy atom. The van der Waals surface area contributed by atoms with Crippen molar-refractivity contribution in [2.45, 2.75) is 4.90 Å². The number of rotatable bonds is 0. The van der Waals surface area contributed by atoms with Crippen molar-refractivity contribution in [1.29, 1.82) is 0 Å². The van der Waals surface area contributed by atoms with E-state index >= 15 is 0 Å². The Bertz CT molecular complexity index is 152. The predicted molar refractivity (Wildman–Crippen MR) is 40.8 cm³/mol. The first kappa shape index (κ1) is 9.50. The second-order valence-corrected chi connectivity index (χ2v) is 1.99. The molecule has 0 heterocycles. The van der Waals surface area contributed by atoms with Gasteiger partial charge in [-0.15, -0.1) is 12.6 Å². The summed E-state index contributed by atoms with van der Waals surface area (Å²) in [5, 5.41) is 0. The van der Waals surface area contributed by atoms with Crippen LogP contribution < -0.4 is 0 Å². The van der Waals surface area contributed by atoms with Crippen LogP contribution in [0.1, 0.15) is 0 Å². The number of hydrogen-bond donors (Lipinski definition) is 1. The third kappa shape index (κ3) is 3.26. The van der Waals surface area contributed by atoms with Gasteiger partial charge in [0.2, 0.25) is 0 Å². The number of thiol groups is 1. The number of benzene rings is 1. The molecule has 3 heteroatoms. The first-order valence-corrected chi connectivity index (χ1v) is 2.68. The van der Waals surface area contributed by atoms with Crippen LogP contribution in [0, 0.1) is 5.82 Å². The molecule has 0 nitrogen and oxygen atoms in total. The molecular formula is C6H6FNaS. The SMILES string of the molecule is Fc1ccc(S)cc1.[NaH]. The minimum absolute atomic E-state index is 0. The Kier molecular flexibility index (Phi) is 4.58. The summed E-state index contributed by atoms with van der Waals surface area (Å²) in [6.07, 6.45) is 0. The molecule has 44 valence electrons. The van der Waals surface area contributed by atoms with E-state index in [-0.39, 0.29) is 35.4 Å². The van der Waals surface area contributed by atoms with Gasteiger partial charge in [0.05, 0.1) is 0 Å². The van der Waals surface area contributed by atoms with E-state index in [0.717, 1.165) is 4.90 Å². The molecule has 0 amide bonds. The van der Waals surface area contributed by atoms with Crippen LogP contribution in [0.5, 0.6) is 0 Å². The standard InChI is InChI=1S/C6H5FS.Na.H/c7-5-1-3-6(8)4-2-5;;/h1-4,8H;;. The molecule has 0 aliphatic carbocycles. The predicted octanol–water partition coefficient (Wildman–Crippen LogP) is 1.47. The normalized spacial score (nSPS) is 8.22. The van der Waals surface area contributed by atoms with Crippen molar-refractivity contribution in [3.8, 4) is 0 Å². The second kappa shape index (κ2) is 4.34. The van der Waals surface area contributed by atoms with Gasteiger partial charge in [-0.1, -0.05) is 0 Å². The van der Waals surface area contributed by atoms with Gasteiger partial charge in [-0.05, 0) is 24.3 Å². The Balaban J connectivity index is 0.000000640. The van der Waals surface area contributed by atoms with Crippen LogP contribution >= 0.6 is 12.6 Å². The molecule has 1 aromatic rings. The number of hydrogen-bond acceptors (Lipinski definition) is 1. The molecule has 0 N–H and O–H groups in total. The van der Waals surface area contributed by atoms with Gasteiger partial charge in [-0.3, -0.25) is 0 Å². The molecule has 0 fully saturated rings. The zero-order valence-corrected chi connectivity index (χ0v) is 5.03. The molecule has 0 unspecified atom stereocenters. The molecule has 1 aromatic carbocycles. The summed E-state index contributed by atoms with van der Waals surface area (Å²) in [6, 6.07) is 5.97. The summed E-state index contributed by atoms with van der Waals surface area (Å²) >= 11 is 3.97. The van der Waals surface area contributed by atoms with Crippen LogP contribution in [-0.2, 0) is 0 Å². The van der Waals surface area contributed by atoms with Crippen molar-refractivity contribution < 1.29 is 4.39 Å². The molecular weight excluding hydrogens is 146 g/mol. The van der Waals surface area contributed by atoms with E-state index in [1.807, 2.05) is 0 Å². The Hall–Kier alpha value is 0.500. The summed E-state index contributed by atoms with van der Waals surface area (Å²) in [5.41, 5.74) is 0. The zero-order valence-electron chi connectivity index (χ0n) is 4.13. The zero-order chi connectivity index (χ0) is 5.98. The molecule has 0 spiro atoms. The van der Waals surface area contributed by atoms with Crippen molar-refractivity contribution in [2.75, 3.05) is 0 Å². The summed E-state index contributed by atoms with van der Waals surface area (Å²) in [6.45, 7) is 0. The molecule has 0 radical (unpaired) electrons. The minimum atomic E-state index is -0.220. The molecule has 0 saturated heterocycles. The summed E-state index contributed by atoms with van der Waals surface area (Å²) in [7, 11) is 0. The van der Waals surface area contributed by atoms with Gasteiger partial charge >= 0.3 is 29.6 Å². The Morgan fingerprint density at radius 3 is 1.89 bits per heavy atom. The van der Waals surface area contributed by atoms with E-state index in [1.165, 1.54) is 12.1 Å². The van der Waals surface area contributed by atoms with E-state index in [0.29, 0.717) is 0 Å². The monoisotopic (exact) mass is 152 g/mol. The Morgan fingerprint density at radius 1 is 1.11 bits per heavy atom. The summed E-state index contributed by atoms with van der Waals surface area (Å²) in [5.74, 6) is -0.220. The molecule has 0 aliphatic heterocycles. The molecule has 0 aromatic heterocycles. The summed E-state index contributed by atoms with van der Waals surface area (Å²) in [4.78, 5) is 0.784. The van der Waals surface area contributed by atoms with Gasteiger partial charge in [0, 0.05) is 4.90 Å². The van der Waals surface area contributed by atoms with E-state index < -0.39 is 0 Å². The average Bonchev–Trinajstić information content (AvgIpc) is 1.77. The van der Waals surface area contributed by atoms with E-state index in [2.05, 4.69) is 12.6 Å². The van der Waals surface area contributed by atoms with Gasteiger partial charge in [-0.25, -0.2) is 4.39 Å². The van der Waals surface area contributed by atoms with E-state index in [9.17, 15) is 4.39 Å². The topological polar surface area (TPSA) is 0 Å². The van der Waals surface area contributed by atoms with Crippen LogP contribution in [0.15, 0.2) is 29.2 Å². The van der Waals surface area contributed by atoms with Crippen LogP contribution in [0.25, 0.3) is 0 Å². The van der Waals surface area contributed by atoms with Gasteiger partial charge in [0.15, 0.2) is 0 Å². The van der Waals surface area contributed by atoms with Crippen molar-refractivity contribution in [1.82, 2.24) is 0 Å². The average molecular weight is 152 g/mol. The van der Waals surface area contributed by atoms with Gasteiger partial charge in [-0.2, -0.15) is 0 Å². The second-order valence-electron chi connectivity index (χ2n) is 1.48. The van der Waals surface area contributed by atoms with Crippen molar-refractivity contribution >= 4 is 42.2 Å². The van der Waals surface area contributed by atoms with Crippen molar-refractivity contribution in [2.24, 2.45) is 0 Å². The van der Waals surface area contributed by atoms with Gasteiger partial charge in [0.25, 0.3) is 0 Å². The first-order chi connectivity index (χ1) is 3.79. The van der Waals surface area contributed by atoms with Gasteiger partial charge in [0.1, 0.15) is 5.82 Å². The molecule has 0 saturated carbocycles. The molecule has 0 bridgehead atoms. The van der Waals surface area contributed by atoms with Crippen LogP contribution in [-0.4, -0.2) is 29.6 Å². The summed E-state index contributed by atoms with van der Waals surface area (Å²) < 4.78 is 12.1. The molecule has 1 rings (SSSR count). The molecule has 9 heavy (non-hydrogen) atoms.